The fourth-order valence-electron chi connectivity index (χ4n) is 5.65. The summed E-state index contributed by atoms with van der Waals surface area (Å²) in [5.74, 6) is 1.25. The summed E-state index contributed by atoms with van der Waals surface area (Å²) < 4.78 is 47.9. The topological polar surface area (TPSA) is 249 Å². The van der Waals surface area contributed by atoms with Crippen molar-refractivity contribution in [2.75, 3.05) is 122 Å². The van der Waals surface area contributed by atoms with E-state index in [2.05, 4.69) is 5.32 Å². The largest absolute Gasteiger partial charge is 0.500 e. The van der Waals surface area contributed by atoms with Gasteiger partial charge in [-0.1, -0.05) is 20.3 Å². The molecule has 55 heavy (non-hydrogen) atoms. The molecule has 1 heterocycles. The molecule has 0 amide bonds. The van der Waals surface area contributed by atoms with Crippen LogP contribution in [0.15, 0.2) is 0 Å². The van der Waals surface area contributed by atoms with Crippen LogP contribution in [0.1, 0.15) is 84.5 Å². The average molecular weight is 835 g/mol. The summed E-state index contributed by atoms with van der Waals surface area (Å²) in [5, 5.41) is 13.2. The molecule has 1 rings (SSSR count). The summed E-state index contributed by atoms with van der Waals surface area (Å²) in [5.41, 5.74) is 27.8. The Balaban J connectivity index is -0.000000811. The summed E-state index contributed by atoms with van der Waals surface area (Å²) in [7, 11) is 4.77. The number of nitrogens with two attached hydrogens (primary N) is 5. The van der Waals surface area contributed by atoms with Crippen molar-refractivity contribution in [3.63, 3.8) is 0 Å². The van der Waals surface area contributed by atoms with Crippen molar-refractivity contribution in [3.8, 4) is 0 Å². The normalized spacial score (nSPS) is 15.6. The van der Waals surface area contributed by atoms with Crippen molar-refractivity contribution in [2.45, 2.75) is 109 Å². The molecule has 1 saturated heterocycles. The number of hydrogen-bond donors (Lipinski definition) is 7. The van der Waals surface area contributed by atoms with Crippen LogP contribution in [0.25, 0.3) is 0 Å². The van der Waals surface area contributed by atoms with Gasteiger partial charge in [-0.2, -0.15) is 0 Å². The van der Waals surface area contributed by atoms with Gasteiger partial charge in [0.05, 0.1) is 25.9 Å². The van der Waals surface area contributed by atoms with E-state index in [1.54, 1.807) is 42.7 Å². The summed E-state index contributed by atoms with van der Waals surface area (Å²) in [6, 6.07) is 1.47. The van der Waals surface area contributed by atoms with Crippen LogP contribution in [0, 0.1) is 11.8 Å². The van der Waals surface area contributed by atoms with E-state index in [9.17, 15) is 5.11 Å². The molecule has 16 nitrogen and oxygen atoms in total. The predicted molar refractivity (Wildman–Crippen MR) is 228 cm³/mol. The highest BCUT2D eigenvalue weighted by Crippen LogP contribution is 2.17. The molecule has 18 heteroatoms. The average Bonchev–Trinajstić information content (AvgIpc) is 4.04. The minimum Gasteiger partial charge on any atom is -0.389 e. The highest BCUT2D eigenvalue weighted by molar-refractivity contribution is 6.60. The van der Waals surface area contributed by atoms with Crippen LogP contribution in [0.5, 0.6) is 0 Å². The fourth-order valence-corrected chi connectivity index (χ4v) is 9.03. The second kappa shape index (κ2) is 41.9. The van der Waals surface area contributed by atoms with Crippen molar-refractivity contribution in [1.29, 1.82) is 0 Å². The zero-order valence-corrected chi connectivity index (χ0v) is 37.2. The Morgan fingerprint density at radius 2 is 1.04 bits per heavy atom. The Morgan fingerprint density at radius 3 is 1.44 bits per heavy atom. The van der Waals surface area contributed by atoms with Gasteiger partial charge in [-0.05, 0) is 115 Å². The van der Waals surface area contributed by atoms with Crippen LogP contribution in [0.3, 0.4) is 0 Å². The van der Waals surface area contributed by atoms with Crippen molar-refractivity contribution in [3.05, 3.63) is 0 Å². The van der Waals surface area contributed by atoms with Gasteiger partial charge in [0.15, 0.2) is 0 Å². The second-order valence-corrected chi connectivity index (χ2v) is 19.8. The van der Waals surface area contributed by atoms with Crippen molar-refractivity contribution in [1.82, 2.24) is 5.32 Å². The standard InChI is InChI=1S/C18H43N3O5Si.C9H23N3.C9H20O5Si.CH4/c1-23-27(24-2,25-3)13-7-12-26-16-18(22)15-21-11-5-4-8-17(14-20)9-6-10-19;10-6-2-1-4-9(8-12)5-3-7-11;1-10-15(11-2,12-3)6-4-5-13-7-9-8-14-9;/h17-18,21-22H,4-16,19-20H2,1-3H3;9H,1-8,10-12H2;9H,4-8H2,1-3H3;1H4. The van der Waals surface area contributed by atoms with Gasteiger partial charge in [0.1, 0.15) is 6.10 Å². The molecular weight excluding hydrogens is 745 g/mol. The van der Waals surface area contributed by atoms with Crippen LogP contribution in [-0.4, -0.2) is 156 Å². The van der Waals surface area contributed by atoms with E-state index in [1.807, 2.05) is 0 Å². The van der Waals surface area contributed by atoms with Gasteiger partial charge < -0.3 is 79.9 Å². The third kappa shape index (κ3) is 34.4. The molecular formula is C37H90N6O10Si2. The first-order chi connectivity index (χ1) is 26.2. The van der Waals surface area contributed by atoms with E-state index in [1.165, 1.54) is 19.3 Å². The Kier molecular flexibility index (Phi) is 45.1. The minimum absolute atomic E-state index is 0. The van der Waals surface area contributed by atoms with E-state index >= 15 is 0 Å². The maximum atomic E-state index is 9.95. The maximum Gasteiger partial charge on any atom is 0.500 e. The highest BCUT2D eigenvalue weighted by atomic mass is 28.4. The van der Waals surface area contributed by atoms with Crippen LogP contribution >= 0.6 is 0 Å². The fraction of sp³-hybridized carbons (Fsp3) is 1.00. The molecule has 0 aromatic heterocycles. The summed E-state index contributed by atoms with van der Waals surface area (Å²) in [4.78, 5) is 0. The Morgan fingerprint density at radius 1 is 0.618 bits per heavy atom. The molecule has 1 aliphatic rings. The lowest BCUT2D eigenvalue weighted by Crippen LogP contribution is -2.42. The zero-order valence-electron chi connectivity index (χ0n) is 35.2. The summed E-state index contributed by atoms with van der Waals surface area (Å²) in [6.45, 7) is 8.41. The van der Waals surface area contributed by atoms with Gasteiger partial charge >= 0.3 is 17.6 Å². The molecule has 4 atom stereocenters. The molecule has 12 N–H and O–H groups in total. The Hall–Kier alpha value is -0.206. The molecule has 0 aromatic rings. The molecule has 0 spiro atoms. The number of unbranched alkanes of at least 4 members (excludes halogenated alkanes) is 2. The van der Waals surface area contributed by atoms with Crippen molar-refractivity contribution in [2.24, 2.45) is 40.5 Å². The third-order valence-electron chi connectivity index (χ3n) is 9.39. The van der Waals surface area contributed by atoms with Crippen LogP contribution in [0.4, 0.5) is 0 Å². The van der Waals surface area contributed by atoms with Crippen LogP contribution in [-0.2, 0) is 40.8 Å². The zero-order chi connectivity index (χ0) is 40.8. The quantitative estimate of drug-likeness (QED) is 0.0270. The first kappa shape index (κ1) is 59.1. The van der Waals surface area contributed by atoms with Gasteiger partial charge in [-0.3, -0.25) is 0 Å². The monoisotopic (exact) mass is 835 g/mol. The van der Waals surface area contributed by atoms with E-state index in [0.29, 0.717) is 57.0 Å². The second-order valence-electron chi connectivity index (χ2n) is 13.6. The number of epoxide rings is 1. The maximum absolute atomic E-state index is 9.95. The van der Waals surface area contributed by atoms with Crippen LogP contribution in [0.2, 0.25) is 12.1 Å². The molecule has 336 valence electrons. The van der Waals surface area contributed by atoms with E-state index in [4.69, 9.17) is 69.4 Å². The molecule has 1 fully saturated rings. The highest BCUT2D eigenvalue weighted by Gasteiger charge is 2.37. The summed E-state index contributed by atoms with van der Waals surface area (Å²) >= 11 is 0. The lowest BCUT2D eigenvalue weighted by atomic mass is 9.97. The number of hydrogen-bond acceptors (Lipinski definition) is 16. The number of ether oxygens (including phenoxy) is 3. The molecule has 0 aliphatic carbocycles. The van der Waals surface area contributed by atoms with Gasteiger partial charge in [0.2, 0.25) is 0 Å². The number of aliphatic hydroxyl groups is 1. The molecule has 4 unspecified atom stereocenters. The number of rotatable bonds is 37. The third-order valence-corrected chi connectivity index (χ3v) is 15.1. The van der Waals surface area contributed by atoms with Gasteiger partial charge in [-0.25, -0.2) is 0 Å². The van der Waals surface area contributed by atoms with Gasteiger partial charge in [0.25, 0.3) is 0 Å². The number of aliphatic hydroxyl groups excluding tert-OH is 1. The molecule has 0 radical (unpaired) electrons. The predicted octanol–water partition coefficient (Wildman–Crippen LogP) is 2.44. The van der Waals surface area contributed by atoms with Crippen molar-refractivity contribution < 1.29 is 45.9 Å². The summed E-state index contributed by atoms with van der Waals surface area (Å²) in [6.07, 6.45) is 12.9. The lowest BCUT2D eigenvalue weighted by Gasteiger charge is -2.24. The van der Waals surface area contributed by atoms with Gasteiger partial charge in [-0.15, -0.1) is 0 Å². The Bertz CT molecular complexity index is 751. The lowest BCUT2D eigenvalue weighted by molar-refractivity contribution is 0.0352. The molecule has 1 aliphatic heterocycles. The van der Waals surface area contributed by atoms with E-state index < -0.39 is 23.7 Å². The SMILES string of the molecule is C.CO[Si](CCCOCC(O)CNCCCCC(CN)CCCN)(OC)OC.CO[Si](CCCOCC1CO1)(OC)OC.NCCCCC(CN)CCCN. The first-order valence-corrected chi connectivity index (χ1v) is 24.0. The molecule has 0 saturated carbocycles. The van der Waals surface area contributed by atoms with E-state index in [0.717, 1.165) is 110 Å². The van der Waals surface area contributed by atoms with Crippen LogP contribution < -0.4 is 34.0 Å². The van der Waals surface area contributed by atoms with Crippen molar-refractivity contribution >= 4 is 17.6 Å². The Labute approximate surface area is 338 Å². The molecule has 0 bridgehead atoms. The van der Waals surface area contributed by atoms with E-state index in [-0.39, 0.29) is 7.43 Å². The first-order valence-electron chi connectivity index (χ1n) is 20.1. The number of nitrogens with one attached hydrogen (secondary N) is 1. The molecule has 0 aromatic carbocycles. The van der Waals surface area contributed by atoms with Gasteiger partial charge in [0, 0.05) is 74.5 Å². The smallest absolute Gasteiger partial charge is 0.389 e. The minimum atomic E-state index is -2.52.